The van der Waals surface area contributed by atoms with Gasteiger partial charge in [0.15, 0.2) is 5.82 Å². The van der Waals surface area contributed by atoms with E-state index in [0.717, 1.165) is 10.4 Å². The van der Waals surface area contributed by atoms with Gasteiger partial charge in [-0.3, -0.25) is 4.98 Å². The van der Waals surface area contributed by atoms with E-state index in [2.05, 4.69) is 15.1 Å². The molecule has 3 aromatic heterocycles. The molecule has 18 heavy (non-hydrogen) atoms. The second-order valence-electron chi connectivity index (χ2n) is 3.76. The fraction of sp³-hybridized carbons (Fsp3) is 0.0833. The molecule has 0 aliphatic rings. The Kier molecular flexibility index (Phi) is 2.77. The predicted octanol–water partition coefficient (Wildman–Crippen LogP) is 2.37. The summed E-state index contributed by atoms with van der Waals surface area (Å²) in [6, 6.07) is 5.68. The normalized spacial score (nSPS) is 10.7. The van der Waals surface area contributed by atoms with Gasteiger partial charge in [-0.25, -0.2) is 0 Å². The number of nitrogens with zero attached hydrogens (tertiary/aromatic N) is 3. The Morgan fingerprint density at radius 1 is 1.33 bits per heavy atom. The minimum absolute atomic E-state index is 0.474. The van der Waals surface area contributed by atoms with Crippen LogP contribution in [-0.2, 0) is 6.42 Å². The fourth-order valence-electron chi connectivity index (χ4n) is 1.60. The van der Waals surface area contributed by atoms with Crippen molar-refractivity contribution in [3.8, 4) is 10.8 Å². The molecule has 0 saturated carbocycles. The Hall–Kier alpha value is -2.21. The van der Waals surface area contributed by atoms with Crippen LogP contribution in [0.1, 0.15) is 11.4 Å². The molecule has 0 unspecified atom stereocenters. The summed E-state index contributed by atoms with van der Waals surface area (Å²) in [4.78, 5) is 9.20. The summed E-state index contributed by atoms with van der Waals surface area (Å²) in [6.07, 6.45) is 4.12. The average molecular weight is 258 g/mol. The highest BCUT2D eigenvalue weighted by atomic mass is 32.1. The molecule has 0 spiro atoms. The molecule has 0 atom stereocenters. The molecule has 2 N–H and O–H groups in total. The number of hydrogen-bond donors (Lipinski definition) is 1. The molecule has 6 heteroatoms. The molecule has 5 nitrogen and oxygen atoms in total. The van der Waals surface area contributed by atoms with Gasteiger partial charge in [-0.1, -0.05) is 11.2 Å². The van der Waals surface area contributed by atoms with Gasteiger partial charge in [0.25, 0.3) is 5.89 Å². The third-order valence-electron chi connectivity index (χ3n) is 2.44. The molecule has 0 fully saturated rings. The first-order valence-electron chi connectivity index (χ1n) is 5.38. The number of aromatic nitrogens is 3. The monoisotopic (exact) mass is 258 g/mol. The second-order valence-corrected chi connectivity index (χ2v) is 4.67. The van der Waals surface area contributed by atoms with Crippen molar-refractivity contribution in [2.45, 2.75) is 6.42 Å². The van der Waals surface area contributed by atoms with Crippen molar-refractivity contribution in [1.29, 1.82) is 0 Å². The standard InChI is InChI=1S/C12H10N4OS/c13-9-3-5-18-11(9)12-15-10(16-17-12)6-8-2-1-4-14-7-8/h1-5,7H,6,13H2. The first-order valence-corrected chi connectivity index (χ1v) is 6.26. The third kappa shape index (κ3) is 2.10. The van der Waals surface area contributed by atoms with Crippen molar-refractivity contribution in [2.75, 3.05) is 5.73 Å². The zero-order valence-corrected chi connectivity index (χ0v) is 10.2. The highest BCUT2D eigenvalue weighted by molar-refractivity contribution is 7.14. The van der Waals surface area contributed by atoms with Crippen molar-refractivity contribution in [2.24, 2.45) is 0 Å². The van der Waals surface area contributed by atoms with Gasteiger partial charge in [0.1, 0.15) is 4.88 Å². The van der Waals surface area contributed by atoms with E-state index in [4.69, 9.17) is 10.3 Å². The first-order chi connectivity index (χ1) is 8.83. The minimum Gasteiger partial charge on any atom is -0.397 e. The lowest BCUT2D eigenvalue weighted by atomic mass is 10.2. The zero-order valence-electron chi connectivity index (χ0n) is 9.41. The van der Waals surface area contributed by atoms with Gasteiger partial charge in [-0.2, -0.15) is 4.98 Å². The van der Waals surface area contributed by atoms with Crippen molar-refractivity contribution in [1.82, 2.24) is 15.1 Å². The molecular formula is C12H10N4OS. The number of hydrogen-bond acceptors (Lipinski definition) is 6. The zero-order chi connectivity index (χ0) is 12.4. The summed E-state index contributed by atoms with van der Waals surface area (Å²) in [7, 11) is 0. The van der Waals surface area contributed by atoms with Gasteiger partial charge in [-0.15, -0.1) is 11.3 Å². The van der Waals surface area contributed by atoms with E-state index in [0.29, 0.717) is 23.8 Å². The molecule has 0 saturated heterocycles. The van der Waals surface area contributed by atoms with E-state index in [9.17, 15) is 0 Å². The van der Waals surface area contributed by atoms with E-state index in [1.165, 1.54) is 11.3 Å². The molecule has 90 valence electrons. The van der Waals surface area contributed by atoms with Gasteiger partial charge in [0.2, 0.25) is 0 Å². The SMILES string of the molecule is Nc1ccsc1-c1nc(Cc2cccnc2)no1. The fourth-order valence-corrected chi connectivity index (χ4v) is 2.33. The predicted molar refractivity (Wildman–Crippen MR) is 69.1 cm³/mol. The van der Waals surface area contributed by atoms with Crippen LogP contribution >= 0.6 is 11.3 Å². The summed E-state index contributed by atoms with van der Waals surface area (Å²) < 4.78 is 5.21. The number of anilines is 1. The molecule has 3 aromatic rings. The van der Waals surface area contributed by atoms with E-state index in [-0.39, 0.29) is 0 Å². The van der Waals surface area contributed by atoms with Crippen LogP contribution in [0.5, 0.6) is 0 Å². The van der Waals surface area contributed by atoms with Gasteiger partial charge in [-0.05, 0) is 23.1 Å². The van der Waals surface area contributed by atoms with E-state index in [1.807, 2.05) is 23.6 Å². The van der Waals surface area contributed by atoms with E-state index >= 15 is 0 Å². The van der Waals surface area contributed by atoms with Crippen molar-refractivity contribution in [3.63, 3.8) is 0 Å². The second kappa shape index (κ2) is 4.58. The van der Waals surface area contributed by atoms with E-state index in [1.54, 1.807) is 12.4 Å². The Morgan fingerprint density at radius 2 is 2.28 bits per heavy atom. The highest BCUT2D eigenvalue weighted by Crippen LogP contribution is 2.30. The molecule has 0 amide bonds. The minimum atomic E-state index is 0.474. The van der Waals surface area contributed by atoms with E-state index < -0.39 is 0 Å². The van der Waals surface area contributed by atoms with Crippen LogP contribution in [0.2, 0.25) is 0 Å². The summed E-state index contributed by atoms with van der Waals surface area (Å²) in [5, 5.41) is 5.84. The molecular weight excluding hydrogens is 248 g/mol. The van der Waals surface area contributed by atoms with Crippen LogP contribution in [0.15, 0.2) is 40.5 Å². The molecule has 0 aliphatic heterocycles. The maximum Gasteiger partial charge on any atom is 0.270 e. The lowest BCUT2D eigenvalue weighted by Gasteiger charge is -1.93. The van der Waals surface area contributed by atoms with Crippen LogP contribution < -0.4 is 5.73 Å². The maximum atomic E-state index is 5.81. The average Bonchev–Trinajstić information content (AvgIpc) is 2.99. The maximum absolute atomic E-state index is 5.81. The van der Waals surface area contributed by atoms with Crippen LogP contribution in [-0.4, -0.2) is 15.1 Å². The lowest BCUT2D eigenvalue weighted by molar-refractivity contribution is 0.425. The smallest absolute Gasteiger partial charge is 0.270 e. The number of pyridine rings is 1. The Labute approximate surface area is 107 Å². The number of nitrogens with two attached hydrogens (primary N) is 1. The first kappa shape index (κ1) is 10.9. The number of nitrogen functional groups attached to an aromatic ring is 1. The largest absolute Gasteiger partial charge is 0.397 e. The molecule has 0 bridgehead atoms. The van der Waals surface area contributed by atoms with Crippen LogP contribution in [0.3, 0.4) is 0 Å². The Balaban J connectivity index is 1.84. The quantitative estimate of drug-likeness (QED) is 0.780. The topological polar surface area (TPSA) is 77.8 Å². The van der Waals surface area contributed by atoms with Crippen LogP contribution in [0.25, 0.3) is 10.8 Å². The molecule has 0 radical (unpaired) electrons. The van der Waals surface area contributed by atoms with Gasteiger partial charge < -0.3 is 10.3 Å². The lowest BCUT2D eigenvalue weighted by Crippen LogP contribution is -1.91. The molecule has 3 heterocycles. The number of thiophene rings is 1. The van der Waals surface area contributed by atoms with Crippen molar-refractivity contribution in [3.05, 3.63) is 47.4 Å². The van der Waals surface area contributed by atoms with Crippen molar-refractivity contribution >= 4 is 17.0 Å². The summed E-state index contributed by atoms with van der Waals surface area (Å²) in [5.74, 6) is 1.10. The van der Waals surface area contributed by atoms with Crippen molar-refractivity contribution < 1.29 is 4.52 Å². The molecule has 3 rings (SSSR count). The summed E-state index contributed by atoms with van der Waals surface area (Å²) in [5.41, 5.74) is 7.52. The highest BCUT2D eigenvalue weighted by Gasteiger charge is 2.13. The molecule has 0 aliphatic carbocycles. The van der Waals surface area contributed by atoms with Gasteiger partial charge >= 0.3 is 0 Å². The van der Waals surface area contributed by atoms with Crippen LogP contribution in [0.4, 0.5) is 5.69 Å². The Bertz CT molecular complexity index is 647. The van der Waals surface area contributed by atoms with Gasteiger partial charge in [0.05, 0.1) is 5.69 Å². The molecule has 0 aromatic carbocycles. The third-order valence-corrected chi connectivity index (χ3v) is 3.36. The van der Waals surface area contributed by atoms with Crippen LogP contribution in [0, 0.1) is 0 Å². The number of rotatable bonds is 3. The summed E-state index contributed by atoms with van der Waals surface area (Å²) in [6.45, 7) is 0. The van der Waals surface area contributed by atoms with Gasteiger partial charge in [0, 0.05) is 18.8 Å². The summed E-state index contributed by atoms with van der Waals surface area (Å²) >= 11 is 1.49. The Morgan fingerprint density at radius 3 is 3.00 bits per heavy atom.